The molecule has 1 saturated heterocycles. The average Bonchev–Trinajstić information content (AvgIpc) is 3.14. The molecule has 1 aliphatic heterocycles. The van der Waals surface area contributed by atoms with E-state index in [1.165, 1.54) is 37.9 Å². The lowest BCUT2D eigenvalue weighted by atomic mass is 10.1. The Kier molecular flexibility index (Phi) is 6.95. The highest BCUT2D eigenvalue weighted by atomic mass is 16.5. The van der Waals surface area contributed by atoms with E-state index in [4.69, 9.17) is 9.15 Å². The number of piperidine rings is 1. The minimum absolute atomic E-state index is 0.787. The van der Waals surface area contributed by atoms with Gasteiger partial charge in [-0.25, -0.2) is 0 Å². The molecule has 2 aromatic rings. The van der Waals surface area contributed by atoms with E-state index in [0.717, 1.165) is 44.2 Å². The topological polar surface area (TPSA) is 28.9 Å². The molecule has 2 heterocycles. The van der Waals surface area contributed by atoms with Crippen LogP contribution >= 0.6 is 0 Å². The Labute approximate surface area is 151 Å². The molecule has 1 aliphatic rings. The van der Waals surface area contributed by atoms with Gasteiger partial charge in [0.25, 0.3) is 0 Å². The number of ether oxygens (including phenoxy) is 1. The number of hydrogen-bond donors (Lipinski definition) is 0. The van der Waals surface area contributed by atoms with Crippen molar-refractivity contribution in [1.82, 2.24) is 9.80 Å². The number of hydrogen-bond acceptors (Lipinski definition) is 4. The highest BCUT2D eigenvalue weighted by molar-refractivity contribution is 5.33. The van der Waals surface area contributed by atoms with Gasteiger partial charge in [0.05, 0.1) is 19.4 Å². The van der Waals surface area contributed by atoms with Crippen LogP contribution in [0.1, 0.15) is 37.0 Å². The lowest BCUT2D eigenvalue weighted by Crippen LogP contribution is -2.31. The molecule has 0 amide bonds. The zero-order chi connectivity index (χ0) is 17.3. The van der Waals surface area contributed by atoms with Crippen LogP contribution in [0.15, 0.2) is 47.1 Å². The van der Waals surface area contributed by atoms with E-state index >= 15 is 0 Å². The second-order valence-corrected chi connectivity index (χ2v) is 6.96. The van der Waals surface area contributed by atoms with Gasteiger partial charge in [-0.3, -0.25) is 4.90 Å². The number of furan rings is 1. The summed E-state index contributed by atoms with van der Waals surface area (Å²) in [5.74, 6) is 2.00. The van der Waals surface area contributed by atoms with E-state index in [1.54, 1.807) is 6.26 Å². The van der Waals surface area contributed by atoms with E-state index in [2.05, 4.69) is 41.1 Å². The summed E-state index contributed by atoms with van der Waals surface area (Å²) in [6.07, 6.45) is 6.92. The zero-order valence-corrected chi connectivity index (χ0v) is 15.3. The molecule has 0 saturated carbocycles. The molecule has 0 radical (unpaired) electrons. The maximum Gasteiger partial charge on any atom is 0.123 e. The Balaban J connectivity index is 1.45. The first-order valence-electron chi connectivity index (χ1n) is 9.45. The molecular weight excluding hydrogens is 312 g/mol. The maximum atomic E-state index is 6.09. The summed E-state index contributed by atoms with van der Waals surface area (Å²) < 4.78 is 11.5. The first-order chi connectivity index (χ1) is 12.3. The van der Waals surface area contributed by atoms with Crippen molar-refractivity contribution in [2.45, 2.75) is 38.8 Å². The predicted molar refractivity (Wildman–Crippen MR) is 101 cm³/mol. The minimum Gasteiger partial charge on any atom is -0.493 e. The van der Waals surface area contributed by atoms with Crippen LogP contribution in [-0.2, 0) is 13.1 Å². The lowest BCUT2D eigenvalue weighted by molar-refractivity contribution is 0.203. The predicted octanol–water partition coefficient (Wildman–Crippen LogP) is 4.17. The van der Waals surface area contributed by atoms with Crippen LogP contribution in [-0.4, -0.2) is 43.1 Å². The lowest BCUT2D eigenvalue weighted by Gasteiger charge is -2.26. The van der Waals surface area contributed by atoms with Crippen LogP contribution in [0.5, 0.6) is 5.75 Å². The molecule has 1 aromatic carbocycles. The smallest absolute Gasteiger partial charge is 0.123 e. The Morgan fingerprint density at radius 3 is 2.68 bits per heavy atom. The molecule has 0 bridgehead atoms. The summed E-state index contributed by atoms with van der Waals surface area (Å²) in [6, 6.07) is 12.3. The number of benzene rings is 1. The molecular formula is C21H30N2O2. The van der Waals surface area contributed by atoms with Gasteiger partial charge in [0.1, 0.15) is 11.5 Å². The SMILES string of the molecule is CN(Cc1ccco1)Cc1ccccc1OCCCN1CCCCC1. The highest BCUT2D eigenvalue weighted by Crippen LogP contribution is 2.20. The fourth-order valence-electron chi connectivity index (χ4n) is 3.44. The first kappa shape index (κ1) is 18.0. The fourth-order valence-corrected chi connectivity index (χ4v) is 3.44. The number of nitrogens with zero attached hydrogens (tertiary/aromatic N) is 2. The van der Waals surface area contributed by atoms with Crippen molar-refractivity contribution in [1.29, 1.82) is 0 Å². The van der Waals surface area contributed by atoms with Gasteiger partial charge in [-0.1, -0.05) is 24.6 Å². The molecule has 4 nitrogen and oxygen atoms in total. The van der Waals surface area contributed by atoms with Gasteiger partial charge in [-0.15, -0.1) is 0 Å². The van der Waals surface area contributed by atoms with Crippen LogP contribution in [0.25, 0.3) is 0 Å². The van der Waals surface area contributed by atoms with Crippen molar-refractivity contribution in [2.24, 2.45) is 0 Å². The van der Waals surface area contributed by atoms with E-state index in [9.17, 15) is 0 Å². The fraction of sp³-hybridized carbons (Fsp3) is 0.524. The molecule has 0 aliphatic carbocycles. The van der Waals surface area contributed by atoms with Crippen molar-refractivity contribution in [3.63, 3.8) is 0 Å². The van der Waals surface area contributed by atoms with Gasteiger partial charge in [0.2, 0.25) is 0 Å². The van der Waals surface area contributed by atoms with Crippen molar-refractivity contribution >= 4 is 0 Å². The minimum atomic E-state index is 0.787. The Hall–Kier alpha value is -1.78. The maximum absolute atomic E-state index is 6.09. The van der Waals surface area contributed by atoms with Gasteiger partial charge < -0.3 is 14.1 Å². The normalized spacial score (nSPS) is 15.6. The van der Waals surface area contributed by atoms with Crippen LogP contribution in [0.2, 0.25) is 0 Å². The van der Waals surface area contributed by atoms with E-state index in [1.807, 2.05) is 12.1 Å². The summed E-state index contributed by atoms with van der Waals surface area (Å²) in [6.45, 7) is 6.11. The summed E-state index contributed by atoms with van der Waals surface area (Å²) in [7, 11) is 2.11. The second kappa shape index (κ2) is 9.64. The quantitative estimate of drug-likeness (QED) is 0.640. The third kappa shape index (κ3) is 5.91. The van der Waals surface area contributed by atoms with Crippen LogP contribution in [0.3, 0.4) is 0 Å². The Bertz CT molecular complexity index is 606. The third-order valence-corrected chi connectivity index (χ3v) is 4.74. The van der Waals surface area contributed by atoms with Crippen LogP contribution in [0, 0.1) is 0 Å². The molecule has 1 fully saturated rings. The molecule has 0 N–H and O–H groups in total. The van der Waals surface area contributed by atoms with E-state index in [-0.39, 0.29) is 0 Å². The van der Waals surface area contributed by atoms with Crippen molar-refractivity contribution in [2.75, 3.05) is 33.3 Å². The Morgan fingerprint density at radius 2 is 1.88 bits per heavy atom. The largest absolute Gasteiger partial charge is 0.493 e. The van der Waals surface area contributed by atoms with Crippen LogP contribution in [0.4, 0.5) is 0 Å². The second-order valence-electron chi connectivity index (χ2n) is 6.96. The molecule has 0 unspecified atom stereocenters. The van der Waals surface area contributed by atoms with Gasteiger partial charge in [0, 0.05) is 18.7 Å². The van der Waals surface area contributed by atoms with E-state index < -0.39 is 0 Å². The molecule has 3 rings (SSSR count). The van der Waals surface area contributed by atoms with Gasteiger partial charge in [0.15, 0.2) is 0 Å². The van der Waals surface area contributed by atoms with Crippen molar-refractivity contribution in [3.05, 3.63) is 54.0 Å². The molecule has 1 aromatic heterocycles. The van der Waals surface area contributed by atoms with Gasteiger partial charge in [-0.2, -0.15) is 0 Å². The number of para-hydroxylation sites is 1. The van der Waals surface area contributed by atoms with Gasteiger partial charge >= 0.3 is 0 Å². The van der Waals surface area contributed by atoms with Crippen LogP contribution < -0.4 is 4.74 Å². The van der Waals surface area contributed by atoms with Crippen molar-refractivity contribution < 1.29 is 9.15 Å². The molecule has 4 heteroatoms. The average molecular weight is 342 g/mol. The standard InChI is InChI=1S/C21H30N2O2/c1-22(18-20-10-7-15-24-20)17-19-9-3-4-11-21(19)25-16-8-14-23-12-5-2-6-13-23/h3-4,7,9-11,15H,2,5-6,8,12-14,16-18H2,1H3. The highest BCUT2D eigenvalue weighted by Gasteiger charge is 2.11. The van der Waals surface area contributed by atoms with E-state index in [0.29, 0.717) is 0 Å². The zero-order valence-electron chi connectivity index (χ0n) is 15.3. The first-order valence-corrected chi connectivity index (χ1v) is 9.45. The molecule has 0 spiro atoms. The van der Waals surface area contributed by atoms with Crippen molar-refractivity contribution in [3.8, 4) is 5.75 Å². The third-order valence-electron chi connectivity index (χ3n) is 4.74. The molecule has 25 heavy (non-hydrogen) atoms. The Morgan fingerprint density at radius 1 is 1.04 bits per heavy atom. The monoisotopic (exact) mass is 342 g/mol. The molecule has 0 atom stereocenters. The number of likely N-dealkylation sites (tertiary alicyclic amines) is 1. The summed E-state index contributed by atoms with van der Waals surface area (Å²) in [5, 5.41) is 0. The summed E-state index contributed by atoms with van der Waals surface area (Å²) >= 11 is 0. The van der Waals surface area contributed by atoms with Gasteiger partial charge in [-0.05, 0) is 57.6 Å². The summed E-state index contributed by atoms with van der Waals surface area (Å²) in [5.41, 5.74) is 1.23. The molecule has 136 valence electrons. The summed E-state index contributed by atoms with van der Waals surface area (Å²) in [4.78, 5) is 4.81. The number of rotatable bonds is 9.